The first kappa shape index (κ1) is 20.0. The number of carbonyl (C=O) groups is 1. The Morgan fingerprint density at radius 3 is 2.32 bits per heavy atom. The third-order valence-corrected chi connectivity index (χ3v) is 4.86. The Kier molecular flexibility index (Phi) is 6.71. The summed E-state index contributed by atoms with van der Waals surface area (Å²) in [6.07, 6.45) is -0.465. The Morgan fingerprint density at radius 1 is 1.00 bits per heavy atom. The van der Waals surface area contributed by atoms with E-state index in [1.165, 1.54) is 0 Å². The van der Waals surface area contributed by atoms with Gasteiger partial charge < -0.3 is 14.4 Å². The summed E-state index contributed by atoms with van der Waals surface area (Å²) in [7, 11) is 1.88. The lowest BCUT2D eigenvalue weighted by molar-refractivity contribution is 0.0343. The zero-order valence-corrected chi connectivity index (χ0v) is 17.4. The SMILES string of the molecule is CC(OC(=O)c1ccccc1)N(C)c1ccc(Br)cc1OCc1ccccc1. The van der Waals surface area contributed by atoms with E-state index in [-0.39, 0.29) is 5.97 Å². The number of benzene rings is 3. The third-order valence-electron chi connectivity index (χ3n) is 4.37. The normalized spacial score (nSPS) is 11.5. The highest BCUT2D eigenvalue weighted by Crippen LogP contribution is 2.33. The van der Waals surface area contributed by atoms with Crippen LogP contribution in [0.2, 0.25) is 0 Å². The molecule has 3 aromatic carbocycles. The molecule has 0 aromatic heterocycles. The van der Waals surface area contributed by atoms with Gasteiger partial charge in [-0.15, -0.1) is 0 Å². The summed E-state index contributed by atoms with van der Waals surface area (Å²) < 4.78 is 12.6. The first-order chi connectivity index (χ1) is 13.5. The van der Waals surface area contributed by atoms with E-state index in [0.29, 0.717) is 17.9 Å². The summed E-state index contributed by atoms with van der Waals surface area (Å²) in [6, 6.07) is 24.8. The van der Waals surface area contributed by atoms with E-state index in [2.05, 4.69) is 15.9 Å². The Hall–Kier alpha value is -2.79. The Morgan fingerprint density at radius 2 is 1.64 bits per heavy atom. The minimum Gasteiger partial charge on any atom is -0.487 e. The summed E-state index contributed by atoms with van der Waals surface area (Å²) in [5, 5.41) is 0. The lowest BCUT2D eigenvalue weighted by Crippen LogP contribution is -2.33. The highest BCUT2D eigenvalue weighted by Gasteiger charge is 2.19. The number of halogens is 1. The number of hydrogen-bond donors (Lipinski definition) is 0. The molecule has 0 saturated carbocycles. The average molecular weight is 440 g/mol. The van der Waals surface area contributed by atoms with Crippen molar-refractivity contribution in [1.82, 2.24) is 0 Å². The molecule has 0 fully saturated rings. The van der Waals surface area contributed by atoms with Gasteiger partial charge in [0.05, 0.1) is 11.3 Å². The number of nitrogens with zero attached hydrogens (tertiary/aromatic N) is 1. The van der Waals surface area contributed by atoms with Crippen molar-refractivity contribution in [2.75, 3.05) is 11.9 Å². The van der Waals surface area contributed by atoms with Crippen LogP contribution >= 0.6 is 15.9 Å². The number of anilines is 1. The van der Waals surface area contributed by atoms with Gasteiger partial charge in [0.25, 0.3) is 0 Å². The molecule has 0 spiro atoms. The van der Waals surface area contributed by atoms with E-state index >= 15 is 0 Å². The summed E-state index contributed by atoms with van der Waals surface area (Å²) in [4.78, 5) is 14.2. The predicted molar refractivity (Wildman–Crippen MR) is 115 cm³/mol. The first-order valence-electron chi connectivity index (χ1n) is 9.00. The Labute approximate surface area is 173 Å². The smallest absolute Gasteiger partial charge is 0.340 e. The van der Waals surface area contributed by atoms with Gasteiger partial charge in [0, 0.05) is 11.5 Å². The van der Waals surface area contributed by atoms with Crippen molar-refractivity contribution in [3.63, 3.8) is 0 Å². The van der Waals surface area contributed by atoms with E-state index in [0.717, 1.165) is 15.7 Å². The molecule has 3 aromatic rings. The van der Waals surface area contributed by atoms with Gasteiger partial charge in [-0.1, -0.05) is 64.5 Å². The van der Waals surface area contributed by atoms with Crippen LogP contribution in [0.15, 0.2) is 83.3 Å². The fourth-order valence-electron chi connectivity index (χ4n) is 2.70. The van der Waals surface area contributed by atoms with Crippen molar-refractivity contribution in [3.05, 3.63) is 94.5 Å². The van der Waals surface area contributed by atoms with Crippen LogP contribution in [-0.2, 0) is 11.3 Å². The molecule has 3 rings (SSSR count). The van der Waals surface area contributed by atoms with Crippen molar-refractivity contribution in [2.24, 2.45) is 0 Å². The number of ether oxygens (including phenoxy) is 2. The van der Waals surface area contributed by atoms with E-state index < -0.39 is 6.23 Å². The lowest BCUT2D eigenvalue weighted by atomic mass is 10.2. The number of carbonyl (C=O) groups excluding carboxylic acids is 1. The first-order valence-corrected chi connectivity index (χ1v) is 9.79. The zero-order chi connectivity index (χ0) is 19.9. The largest absolute Gasteiger partial charge is 0.487 e. The van der Waals surface area contributed by atoms with Crippen LogP contribution in [0.5, 0.6) is 5.75 Å². The van der Waals surface area contributed by atoms with Crippen molar-refractivity contribution >= 4 is 27.6 Å². The summed E-state index contributed by atoms with van der Waals surface area (Å²) >= 11 is 3.50. The van der Waals surface area contributed by atoms with Crippen LogP contribution in [0, 0.1) is 0 Å². The van der Waals surface area contributed by atoms with Gasteiger partial charge in [-0.2, -0.15) is 0 Å². The zero-order valence-electron chi connectivity index (χ0n) is 15.8. The molecule has 0 heterocycles. The number of rotatable bonds is 7. The fourth-order valence-corrected chi connectivity index (χ4v) is 3.04. The molecular formula is C23H22BrNO3. The van der Waals surface area contributed by atoms with Crippen LogP contribution in [0.25, 0.3) is 0 Å². The van der Waals surface area contributed by atoms with Gasteiger partial charge >= 0.3 is 5.97 Å². The maximum Gasteiger partial charge on any atom is 0.340 e. The van der Waals surface area contributed by atoms with Gasteiger partial charge in [0.15, 0.2) is 6.23 Å². The monoisotopic (exact) mass is 439 g/mol. The van der Waals surface area contributed by atoms with Gasteiger partial charge in [-0.05, 0) is 42.8 Å². The predicted octanol–water partition coefficient (Wildman–Crippen LogP) is 5.67. The second-order valence-corrected chi connectivity index (χ2v) is 7.28. The Balaban J connectivity index is 1.73. The maximum absolute atomic E-state index is 12.4. The molecule has 0 saturated heterocycles. The van der Waals surface area contributed by atoms with E-state index in [9.17, 15) is 4.79 Å². The van der Waals surface area contributed by atoms with Crippen LogP contribution in [0.1, 0.15) is 22.8 Å². The minimum atomic E-state index is -0.465. The average Bonchev–Trinajstić information content (AvgIpc) is 2.73. The number of hydrogen-bond acceptors (Lipinski definition) is 4. The molecule has 0 aliphatic carbocycles. The molecule has 0 N–H and O–H groups in total. The molecule has 0 radical (unpaired) electrons. The van der Waals surface area contributed by atoms with Gasteiger partial charge in [0.1, 0.15) is 12.4 Å². The summed E-state index contributed by atoms with van der Waals surface area (Å²) in [5.41, 5.74) is 2.45. The third kappa shape index (κ3) is 5.14. The molecule has 0 amide bonds. The molecule has 1 atom stereocenters. The fraction of sp³-hybridized carbons (Fsp3) is 0.174. The highest BCUT2D eigenvalue weighted by molar-refractivity contribution is 9.10. The second-order valence-electron chi connectivity index (χ2n) is 6.37. The topological polar surface area (TPSA) is 38.8 Å². The van der Waals surface area contributed by atoms with Crippen molar-refractivity contribution in [3.8, 4) is 5.75 Å². The van der Waals surface area contributed by atoms with Gasteiger partial charge in [-0.25, -0.2) is 4.79 Å². The standard InChI is InChI=1S/C23H22BrNO3/c1-17(28-23(26)19-11-7-4-8-12-19)25(2)21-14-13-20(24)15-22(21)27-16-18-9-5-3-6-10-18/h3-15,17H,16H2,1-2H3. The van der Waals surface area contributed by atoms with Gasteiger partial charge in [-0.3, -0.25) is 0 Å². The second kappa shape index (κ2) is 9.42. The quantitative estimate of drug-likeness (QED) is 0.351. The molecular weight excluding hydrogens is 418 g/mol. The highest BCUT2D eigenvalue weighted by atomic mass is 79.9. The molecule has 0 aliphatic heterocycles. The minimum absolute atomic E-state index is 0.358. The lowest BCUT2D eigenvalue weighted by Gasteiger charge is -2.28. The van der Waals surface area contributed by atoms with E-state index in [1.54, 1.807) is 12.1 Å². The summed E-state index contributed by atoms with van der Waals surface area (Å²) in [6.45, 7) is 2.29. The van der Waals surface area contributed by atoms with Crippen LogP contribution in [-0.4, -0.2) is 19.2 Å². The summed E-state index contributed by atoms with van der Waals surface area (Å²) in [5.74, 6) is 0.354. The van der Waals surface area contributed by atoms with Gasteiger partial charge in [0.2, 0.25) is 0 Å². The van der Waals surface area contributed by atoms with Crippen molar-refractivity contribution in [2.45, 2.75) is 19.8 Å². The molecule has 0 aliphatic rings. The number of esters is 1. The molecule has 144 valence electrons. The maximum atomic E-state index is 12.4. The molecule has 5 heteroatoms. The Bertz CT molecular complexity index is 916. The van der Waals surface area contributed by atoms with Crippen LogP contribution in [0.4, 0.5) is 5.69 Å². The van der Waals surface area contributed by atoms with E-state index in [4.69, 9.17) is 9.47 Å². The van der Waals surface area contributed by atoms with Crippen LogP contribution < -0.4 is 9.64 Å². The van der Waals surface area contributed by atoms with Crippen molar-refractivity contribution < 1.29 is 14.3 Å². The van der Waals surface area contributed by atoms with E-state index in [1.807, 2.05) is 85.6 Å². The van der Waals surface area contributed by atoms with Crippen molar-refractivity contribution in [1.29, 1.82) is 0 Å². The van der Waals surface area contributed by atoms with Crippen LogP contribution in [0.3, 0.4) is 0 Å². The molecule has 28 heavy (non-hydrogen) atoms. The molecule has 1 unspecified atom stereocenters. The molecule has 4 nitrogen and oxygen atoms in total. The molecule has 0 bridgehead atoms.